The molecule has 0 aromatic heterocycles. The average Bonchev–Trinajstić information content (AvgIpc) is 3.20. The summed E-state index contributed by atoms with van der Waals surface area (Å²) in [7, 11) is -3.63. The summed E-state index contributed by atoms with van der Waals surface area (Å²) >= 11 is 0. The number of benzene rings is 1. The zero-order chi connectivity index (χ0) is 19.1. The number of carbonyl (C=O) groups excluding carboxylic acids is 1. The van der Waals surface area contributed by atoms with E-state index in [4.69, 9.17) is 4.74 Å². The van der Waals surface area contributed by atoms with Crippen LogP contribution in [0.3, 0.4) is 0 Å². The first-order valence-corrected chi connectivity index (χ1v) is 11.5. The first-order chi connectivity index (χ1) is 13.1. The van der Waals surface area contributed by atoms with Gasteiger partial charge in [0.1, 0.15) is 6.04 Å². The van der Waals surface area contributed by atoms with Crippen LogP contribution in [0.1, 0.15) is 51.4 Å². The molecule has 1 aromatic rings. The molecule has 1 aliphatic carbocycles. The van der Waals surface area contributed by atoms with Crippen molar-refractivity contribution in [3.63, 3.8) is 0 Å². The monoisotopic (exact) mass is 394 g/mol. The number of nitrogens with one attached hydrogen (secondary N) is 1. The van der Waals surface area contributed by atoms with E-state index in [9.17, 15) is 13.2 Å². The van der Waals surface area contributed by atoms with Crippen LogP contribution in [-0.4, -0.2) is 50.5 Å². The minimum atomic E-state index is -3.63. The molecule has 1 saturated heterocycles. The maximum Gasteiger partial charge on any atom is 0.243 e. The molecule has 150 valence electrons. The summed E-state index contributed by atoms with van der Waals surface area (Å²) in [5.41, 5.74) is 0. The fourth-order valence-corrected chi connectivity index (χ4v) is 5.58. The Labute approximate surface area is 162 Å². The maximum atomic E-state index is 12.8. The Morgan fingerprint density at radius 2 is 1.81 bits per heavy atom. The lowest BCUT2D eigenvalue weighted by Crippen LogP contribution is -2.46. The van der Waals surface area contributed by atoms with Crippen molar-refractivity contribution >= 4 is 15.9 Å². The van der Waals surface area contributed by atoms with Gasteiger partial charge < -0.3 is 10.1 Å². The molecule has 1 saturated carbocycles. The lowest BCUT2D eigenvalue weighted by Gasteiger charge is -2.24. The van der Waals surface area contributed by atoms with Gasteiger partial charge in [0.15, 0.2) is 0 Å². The van der Waals surface area contributed by atoms with Crippen molar-refractivity contribution in [2.45, 2.75) is 68.4 Å². The highest BCUT2D eigenvalue weighted by Gasteiger charge is 2.39. The van der Waals surface area contributed by atoms with Gasteiger partial charge >= 0.3 is 0 Å². The molecule has 2 fully saturated rings. The van der Waals surface area contributed by atoms with Crippen LogP contribution in [0.4, 0.5) is 0 Å². The summed E-state index contributed by atoms with van der Waals surface area (Å²) in [6.07, 6.45) is 8.46. The molecule has 7 heteroatoms. The third-order valence-corrected chi connectivity index (χ3v) is 7.30. The van der Waals surface area contributed by atoms with Crippen LogP contribution in [0.25, 0.3) is 0 Å². The Kier molecular flexibility index (Phi) is 7.26. The predicted octanol–water partition coefficient (Wildman–Crippen LogP) is 2.70. The van der Waals surface area contributed by atoms with Crippen molar-refractivity contribution in [1.29, 1.82) is 0 Å². The number of sulfonamides is 1. The molecule has 1 atom stereocenters. The lowest BCUT2D eigenvalue weighted by atomic mass is 9.98. The Balaban J connectivity index is 1.46. The average molecular weight is 395 g/mol. The van der Waals surface area contributed by atoms with Crippen molar-refractivity contribution in [3.8, 4) is 0 Å². The predicted molar refractivity (Wildman–Crippen MR) is 104 cm³/mol. The summed E-state index contributed by atoms with van der Waals surface area (Å²) < 4.78 is 32.9. The van der Waals surface area contributed by atoms with E-state index in [1.807, 2.05) is 0 Å². The highest BCUT2D eigenvalue weighted by Crippen LogP contribution is 2.26. The second-order valence-electron chi connectivity index (χ2n) is 7.36. The summed E-state index contributed by atoms with van der Waals surface area (Å²) in [6.45, 7) is 1.54. The third-order valence-electron chi connectivity index (χ3n) is 5.38. The number of hydrogen-bond donors (Lipinski definition) is 1. The molecule has 1 unspecified atom stereocenters. The van der Waals surface area contributed by atoms with Gasteiger partial charge in [0.2, 0.25) is 15.9 Å². The van der Waals surface area contributed by atoms with Crippen molar-refractivity contribution in [2.24, 2.45) is 0 Å². The highest BCUT2D eigenvalue weighted by molar-refractivity contribution is 7.89. The molecule has 1 aromatic carbocycles. The fraction of sp³-hybridized carbons (Fsp3) is 0.650. The molecule has 0 bridgehead atoms. The molecular formula is C20H30N2O4S. The van der Waals surface area contributed by atoms with Crippen LogP contribution in [0.5, 0.6) is 0 Å². The molecule has 1 N–H and O–H groups in total. The van der Waals surface area contributed by atoms with Gasteiger partial charge in [-0.2, -0.15) is 4.31 Å². The van der Waals surface area contributed by atoms with E-state index in [2.05, 4.69) is 5.32 Å². The lowest BCUT2D eigenvalue weighted by molar-refractivity contribution is -0.124. The Morgan fingerprint density at radius 1 is 1.07 bits per heavy atom. The Bertz CT molecular complexity index is 702. The number of hydrogen-bond acceptors (Lipinski definition) is 4. The van der Waals surface area contributed by atoms with E-state index in [1.165, 1.54) is 23.6 Å². The minimum Gasteiger partial charge on any atom is -0.378 e. The van der Waals surface area contributed by atoms with E-state index < -0.39 is 16.1 Å². The minimum absolute atomic E-state index is 0.204. The van der Waals surface area contributed by atoms with E-state index in [1.54, 1.807) is 30.3 Å². The molecule has 0 spiro atoms. The number of ether oxygens (including phenoxy) is 1. The van der Waals surface area contributed by atoms with Gasteiger partial charge in [-0.15, -0.1) is 0 Å². The highest BCUT2D eigenvalue weighted by atomic mass is 32.2. The molecule has 6 nitrogen and oxygen atoms in total. The number of nitrogens with zero attached hydrogens (tertiary/aromatic N) is 1. The standard InChI is InChI=1S/C20H30N2O4S/c23-20(21-14-8-16-26-17-9-3-1-4-10-17)19-13-7-15-22(19)27(24,25)18-11-5-2-6-12-18/h2,5-6,11-12,17,19H,1,3-4,7-10,13-16H2,(H,21,23). The van der Waals surface area contributed by atoms with E-state index >= 15 is 0 Å². The van der Waals surface area contributed by atoms with E-state index in [0.29, 0.717) is 38.6 Å². The number of carbonyl (C=O) groups is 1. The molecule has 3 rings (SSSR count). The quantitative estimate of drug-likeness (QED) is 0.688. The molecule has 27 heavy (non-hydrogen) atoms. The van der Waals surface area contributed by atoms with Gasteiger partial charge in [0.05, 0.1) is 11.0 Å². The Morgan fingerprint density at radius 3 is 2.56 bits per heavy atom. The van der Waals surface area contributed by atoms with Crippen LogP contribution in [0.2, 0.25) is 0 Å². The van der Waals surface area contributed by atoms with Crippen LogP contribution < -0.4 is 5.32 Å². The summed E-state index contributed by atoms with van der Waals surface area (Å²) in [4.78, 5) is 12.8. The van der Waals surface area contributed by atoms with Crippen molar-refractivity contribution in [2.75, 3.05) is 19.7 Å². The van der Waals surface area contributed by atoms with Crippen LogP contribution in [0, 0.1) is 0 Å². The fourth-order valence-electron chi connectivity index (χ4n) is 3.90. The largest absolute Gasteiger partial charge is 0.378 e. The van der Waals surface area contributed by atoms with Gasteiger partial charge in [-0.3, -0.25) is 4.79 Å². The smallest absolute Gasteiger partial charge is 0.243 e. The molecule has 1 aliphatic heterocycles. The first kappa shape index (κ1) is 20.3. The van der Waals surface area contributed by atoms with E-state index in [-0.39, 0.29) is 10.8 Å². The van der Waals surface area contributed by atoms with Gasteiger partial charge in [-0.05, 0) is 44.2 Å². The van der Waals surface area contributed by atoms with Crippen molar-refractivity contribution < 1.29 is 17.9 Å². The molecule has 1 amide bonds. The third kappa shape index (κ3) is 5.30. The zero-order valence-electron chi connectivity index (χ0n) is 15.8. The summed E-state index contributed by atoms with van der Waals surface area (Å²) in [5, 5.41) is 2.89. The molecular weight excluding hydrogens is 364 g/mol. The van der Waals surface area contributed by atoms with Crippen LogP contribution >= 0.6 is 0 Å². The van der Waals surface area contributed by atoms with Gasteiger partial charge in [0.25, 0.3) is 0 Å². The van der Waals surface area contributed by atoms with Crippen LogP contribution in [0.15, 0.2) is 35.2 Å². The zero-order valence-corrected chi connectivity index (χ0v) is 16.6. The Hall–Kier alpha value is -1.44. The van der Waals surface area contributed by atoms with E-state index in [0.717, 1.165) is 19.3 Å². The second-order valence-corrected chi connectivity index (χ2v) is 9.25. The van der Waals surface area contributed by atoms with Gasteiger partial charge in [-0.25, -0.2) is 8.42 Å². The summed E-state index contributed by atoms with van der Waals surface area (Å²) in [5.74, 6) is -0.204. The SMILES string of the molecule is O=C(NCCCOC1CCCCC1)C1CCCN1S(=O)(=O)c1ccccc1. The molecule has 0 radical (unpaired) electrons. The van der Waals surface area contributed by atoms with Gasteiger partial charge in [0, 0.05) is 19.7 Å². The molecule has 2 aliphatic rings. The van der Waals surface area contributed by atoms with Crippen molar-refractivity contribution in [1.82, 2.24) is 9.62 Å². The van der Waals surface area contributed by atoms with Gasteiger partial charge in [-0.1, -0.05) is 37.5 Å². The number of amides is 1. The maximum absolute atomic E-state index is 12.8. The normalized spacial score (nSPS) is 22.0. The van der Waals surface area contributed by atoms with Crippen LogP contribution in [-0.2, 0) is 19.6 Å². The first-order valence-electron chi connectivity index (χ1n) is 10.1. The van der Waals surface area contributed by atoms with Crippen molar-refractivity contribution in [3.05, 3.63) is 30.3 Å². The summed E-state index contributed by atoms with van der Waals surface area (Å²) in [6, 6.07) is 7.71. The number of rotatable bonds is 8. The molecule has 1 heterocycles. The topological polar surface area (TPSA) is 75.7 Å². The second kappa shape index (κ2) is 9.66.